The summed E-state index contributed by atoms with van der Waals surface area (Å²) in [5, 5.41) is 0. The van der Waals surface area contributed by atoms with Crippen LogP contribution in [0.2, 0.25) is 0 Å². The van der Waals surface area contributed by atoms with Gasteiger partial charge in [0.25, 0.3) is 0 Å². The fourth-order valence-electron chi connectivity index (χ4n) is 0.269. The van der Waals surface area contributed by atoms with Gasteiger partial charge in [0.15, 0.2) is 0 Å². The molecule has 0 rings (SSSR count). The summed E-state index contributed by atoms with van der Waals surface area (Å²) in [4.78, 5) is 0. The molecule has 0 saturated heterocycles. The lowest BCUT2D eigenvalue weighted by atomic mass is 10.6. The van der Waals surface area contributed by atoms with Crippen LogP contribution in [-0.4, -0.2) is 20.1 Å². The van der Waals surface area contributed by atoms with Crippen LogP contribution in [-0.2, 0) is 14.1 Å². The van der Waals surface area contributed by atoms with Crippen molar-refractivity contribution < 1.29 is 25.6 Å². The molecule has 0 radical (unpaired) electrons. The summed E-state index contributed by atoms with van der Waals surface area (Å²) in [6, 6.07) is 0. The predicted octanol–water partition coefficient (Wildman–Crippen LogP) is 1.86. The first-order chi connectivity index (χ1) is 5.31. The van der Waals surface area contributed by atoms with E-state index < -0.39 is 24.4 Å². The Bertz CT molecular complexity index is 222. The van der Waals surface area contributed by atoms with Gasteiger partial charge in [-0.3, -0.25) is 0 Å². The molecule has 0 aliphatic carbocycles. The minimum absolute atomic E-state index is 0.315. The van der Waals surface area contributed by atoms with Crippen molar-refractivity contribution in [1.29, 1.82) is 0 Å². The molecule has 1 unspecified atom stereocenters. The standard InChI is InChI=1S/C4H8F3O3PS/c1-2-3-11-10-12(8,9)4(5,6)7/h11H,2-3H2,1H3. The lowest BCUT2D eigenvalue weighted by molar-refractivity contribution is -0.0495. The smallest absolute Gasteiger partial charge is 0.244 e. The maximum absolute atomic E-state index is 11.6. The third kappa shape index (κ3) is 3.69. The van der Waals surface area contributed by atoms with Gasteiger partial charge < -0.3 is 0 Å². The molecule has 0 aromatic carbocycles. The van der Waals surface area contributed by atoms with E-state index in [1.54, 1.807) is 6.92 Å². The van der Waals surface area contributed by atoms with E-state index in [4.69, 9.17) is 0 Å². The molecule has 0 aliphatic heterocycles. The maximum atomic E-state index is 11.6. The molecular weight excluding hydrogens is 216 g/mol. The van der Waals surface area contributed by atoms with Gasteiger partial charge in [0.05, 0.1) is 0 Å². The van der Waals surface area contributed by atoms with Crippen LogP contribution >= 0.6 is 8.81 Å². The zero-order valence-corrected chi connectivity index (χ0v) is 8.00. The first-order valence-corrected chi connectivity index (χ1v) is 5.56. The average molecular weight is 224 g/mol. The zero-order valence-electron chi connectivity index (χ0n) is 6.18. The van der Waals surface area contributed by atoms with E-state index in [1.807, 2.05) is 0 Å². The third-order valence-electron chi connectivity index (χ3n) is 0.804. The highest BCUT2D eigenvalue weighted by Crippen LogP contribution is 2.30. The molecule has 0 amide bonds. The summed E-state index contributed by atoms with van der Waals surface area (Å²) >= 11 is 0. The Morgan fingerprint density at radius 3 is 2.25 bits per heavy atom. The number of alkyl halides is 3. The molecule has 0 saturated carbocycles. The highest BCUT2D eigenvalue weighted by molar-refractivity contribution is 7.90. The second kappa shape index (κ2) is 4.39. The minimum Gasteiger partial charge on any atom is -0.244 e. The molecule has 0 fully saturated rings. The summed E-state index contributed by atoms with van der Waals surface area (Å²) in [5.74, 6) is 0. The van der Waals surface area contributed by atoms with Crippen LogP contribution in [0.1, 0.15) is 13.3 Å². The Balaban J connectivity index is 4.08. The predicted molar refractivity (Wildman–Crippen MR) is 39.5 cm³/mol. The Morgan fingerprint density at radius 1 is 1.42 bits per heavy atom. The Kier molecular flexibility index (Phi) is 4.44. The van der Waals surface area contributed by atoms with Gasteiger partial charge in [0.1, 0.15) is 0 Å². The van der Waals surface area contributed by atoms with E-state index in [9.17, 15) is 21.6 Å². The second-order valence-corrected chi connectivity index (χ2v) is 4.70. The van der Waals surface area contributed by atoms with Crippen molar-refractivity contribution in [3.8, 4) is 0 Å². The summed E-state index contributed by atoms with van der Waals surface area (Å²) in [6.07, 6.45) is 0.904. The van der Waals surface area contributed by atoms with E-state index in [-0.39, 0.29) is 0 Å². The van der Waals surface area contributed by atoms with Crippen molar-refractivity contribution in [1.82, 2.24) is 0 Å². The van der Waals surface area contributed by atoms with Crippen LogP contribution in [0.4, 0.5) is 13.2 Å². The monoisotopic (exact) mass is 224 g/mol. The first-order valence-electron chi connectivity index (χ1n) is 3.04. The molecule has 0 aliphatic rings. The van der Waals surface area contributed by atoms with E-state index in [0.29, 0.717) is 12.6 Å². The van der Waals surface area contributed by atoms with Gasteiger partial charge in [-0.1, -0.05) is 13.3 Å². The fourth-order valence-corrected chi connectivity index (χ4v) is 1.80. The molecule has 8 heteroatoms. The van der Waals surface area contributed by atoms with Gasteiger partial charge in [-0.25, -0.2) is 3.97 Å². The molecular formula is C4H8F3O3PS. The lowest BCUT2D eigenvalue weighted by Gasteiger charge is -2.06. The molecule has 74 valence electrons. The van der Waals surface area contributed by atoms with Gasteiger partial charge in [-0.05, 0) is 6.16 Å². The number of rotatable bonds is 4. The van der Waals surface area contributed by atoms with Crippen LogP contribution in [0.5, 0.6) is 0 Å². The van der Waals surface area contributed by atoms with E-state index in [1.165, 1.54) is 0 Å². The quantitative estimate of drug-likeness (QED) is 0.416. The molecule has 0 aromatic heterocycles. The van der Waals surface area contributed by atoms with Crippen molar-refractivity contribution in [2.75, 3.05) is 6.16 Å². The Labute approximate surface area is 70.3 Å². The summed E-state index contributed by atoms with van der Waals surface area (Å²) in [7, 11) is -6.01. The molecule has 0 spiro atoms. The molecule has 12 heavy (non-hydrogen) atoms. The highest BCUT2D eigenvalue weighted by atomic mass is 32.2. The summed E-state index contributed by atoms with van der Waals surface area (Å²) in [6.45, 7) is 1.72. The molecule has 0 heterocycles. The van der Waals surface area contributed by atoms with Gasteiger partial charge in [-0.2, -0.15) is 21.6 Å². The number of halogens is 3. The van der Waals surface area contributed by atoms with Crippen LogP contribution in [0.25, 0.3) is 0 Å². The number of hydrogen-bond acceptors (Lipinski definition) is 3. The van der Waals surface area contributed by atoms with Crippen molar-refractivity contribution in [3.63, 3.8) is 0 Å². The van der Waals surface area contributed by atoms with Crippen LogP contribution < -0.4 is 0 Å². The van der Waals surface area contributed by atoms with Crippen molar-refractivity contribution in [2.24, 2.45) is 0 Å². The minimum atomic E-state index is -5.36. The third-order valence-corrected chi connectivity index (χ3v) is 3.42. The van der Waals surface area contributed by atoms with Crippen molar-refractivity contribution >= 4 is 18.9 Å². The van der Waals surface area contributed by atoms with Crippen molar-refractivity contribution in [2.45, 2.75) is 18.9 Å². The number of hydrogen-bond donors (Lipinski definition) is 0. The first kappa shape index (κ1) is 12.1. The Hall–Kier alpha value is 0.130. The maximum Gasteiger partial charge on any atom is 0.523 e. The van der Waals surface area contributed by atoms with Crippen molar-refractivity contribution in [3.05, 3.63) is 0 Å². The molecule has 0 N–H and O–H groups in total. The normalized spacial score (nSPS) is 14.3. The average Bonchev–Trinajstić information content (AvgIpc) is 1.85. The van der Waals surface area contributed by atoms with E-state index >= 15 is 0 Å². The summed E-state index contributed by atoms with van der Waals surface area (Å²) < 4.78 is 58.7. The van der Waals surface area contributed by atoms with Crippen LogP contribution in [0.3, 0.4) is 0 Å². The fraction of sp³-hybridized carbons (Fsp3) is 1.00. The topological polar surface area (TPSA) is 43.4 Å². The van der Waals surface area contributed by atoms with Gasteiger partial charge in [-0.15, -0.1) is 0 Å². The second-order valence-electron chi connectivity index (χ2n) is 1.88. The van der Waals surface area contributed by atoms with Crippen LogP contribution in [0, 0.1) is 0 Å². The van der Waals surface area contributed by atoms with Gasteiger partial charge in [0.2, 0.25) is 0 Å². The zero-order chi connectivity index (χ0) is 9.83. The van der Waals surface area contributed by atoms with E-state index in [0.717, 1.165) is 0 Å². The lowest BCUT2D eigenvalue weighted by Crippen LogP contribution is -2.23. The largest absolute Gasteiger partial charge is 0.523 e. The molecule has 3 nitrogen and oxygen atoms in total. The van der Waals surface area contributed by atoms with Gasteiger partial charge >= 0.3 is 15.6 Å². The van der Waals surface area contributed by atoms with Gasteiger partial charge in [0, 0.05) is 8.81 Å². The molecule has 0 aromatic rings. The van der Waals surface area contributed by atoms with Crippen LogP contribution in [0.15, 0.2) is 0 Å². The molecule has 1 atom stereocenters. The van der Waals surface area contributed by atoms with E-state index in [2.05, 4.69) is 3.97 Å². The molecule has 0 bridgehead atoms. The Morgan fingerprint density at radius 2 is 1.92 bits per heavy atom. The summed E-state index contributed by atoms with van der Waals surface area (Å²) in [5.41, 5.74) is -5.30. The highest BCUT2D eigenvalue weighted by Gasteiger charge is 2.47. The SMILES string of the molecule is CCCPOS(=O)(=O)C(F)(F)F.